The highest BCUT2D eigenvalue weighted by molar-refractivity contribution is 5.22. The van der Waals surface area contributed by atoms with Crippen molar-refractivity contribution < 1.29 is 0 Å². The molecule has 16 heavy (non-hydrogen) atoms. The quantitative estimate of drug-likeness (QED) is 0.703. The third kappa shape index (κ3) is 1.47. The van der Waals surface area contributed by atoms with E-state index in [4.69, 9.17) is 0 Å². The van der Waals surface area contributed by atoms with Crippen LogP contribution in [-0.4, -0.2) is 23.0 Å². The molecule has 0 bridgehead atoms. The van der Waals surface area contributed by atoms with Gasteiger partial charge in [0.05, 0.1) is 0 Å². The number of hydrogen-bond acceptors (Lipinski definition) is 1. The summed E-state index contributed by atoms with van der Waals surface area (Å²) in [5, 5.41) is 0. The van der Waals surface area contributed by atoms with Crippen LogP contribution in [0.4, 0.5) is 0 Å². The summed E-state index contributed by atoms with van der Waals surface area (Å²) in [7, 11) is 0. The summed E-state index contributed by atoms with van der Waals surface area (Å²) in [5.41, 5.74) is 0.556. The molecular weight excluding hydrogens is 194 g/mol. The maximum absolute atomic E-state index is 2.83. The van der Waals surface area contributed by atoms with E-state index in [9.17, 15) is 0 Å². The largest absolute Gasteiger partial charge is 0.294 e. The van der Waals surface area contributed by atoms with Gasteiger partial charge in [-0.25, -0.2) is 0 Å². The molecule has 94 valence electrons. The fraction of sp³-hybridized carbons (Fsp3) is 1.00. The molecule has 3 atom stereocenters. The van der Waals surface area contributed by atoms with Crippen LogP contribution in [0.5, 0.6) is 0 Å². The lowest BCUT2D eigenvalue weighted by atomic mass is 9.88. The van der Waals surface area contributed by atoms with Crippen LogP contribution in [0.15, 0.2) is 0 Å². The molecule has 1 heterocycles. The van der Waals surface area contributed by atoms with Gasteiger partial charge in [-0.1, -0.05) is 27.7 Å². The fourth-order valence-corrected chi connectivity index (χ4v) is 4.84. The standard InChI is InChI=1S/C15H29N/c1-10(2)14-13-8-7-9-16(12(5)6)15(13,14)11(3)4/h10-14H,7-9H2,1-6H3/t13-,14-,15?/m1/s1. The molecule has 0 aromatic rings. The highest BCUT2D eigenvalue weighted by Gasteiger charge is 2.70. The molecule has 1 saturated carbocycles. The third-order valence-corrected chi connectivity index (χ3v) is 5.13. The molecule has 0 N–H and O–H groups in total. The van der Waals surface area contributed by atoms with E-state index in [-0.39, 0.29) is 0 Å². The van der Waals surface area contributed by atoms with Crippen LogP contribution in [0, 0.1) is 23.7 Å². The first-order valence-corrected chi connectivity index (χ1v) is 7.20. The van der Waals surface area contributed by atoms with Gasteiger partial charge in [-0.05, 0) is 56.9 Å². The maximum atomic E-state index is 2.83. The molecule has 0 aromatic carbocycles. The third-order valence-electron chi connectivity index (χ3n) is 5.13. The molecule has 0 aromatic heterocycles. The van der Waals surface area contributed by atoms with Crippen LogP contribution in [-0.2, 0) is 0 Å². The van der Waals surface area contributed by atoms with E-state index in [1.807, 2.05) is 0 Å². The van der Waals surface area contributed by atoms with Crippen LogP contribution in [0.3, 0.4) is 0 Å². The Morgan fingerprint density at radius 2 is 1.69 bits per heavy atom. The summed E-state index contributed by atoms with van der Waals surface area (Å²) in [6.45, 7) is 15.8. The Labute approximate surface area is 102 Å². The van der Waals surface area contributed by atoms with Gasteiger partial charge < -0.3 is 0 Å². The van der Waals surface area contributed by atoms with Crippen LogP contribution in [0.2, 0.25) is 0 Å². The zero-order chi connectivity index (χ0) is 12.1. The highest BCUT2D eigenvalue weighted by Crippen LogP contribution is 2.66. The number of likely N-dealkylation sites (tertiary alicyclic amines) is 1. The van der Waals surface area contributed by atoms with Crippen LogP contribution < -0.4 is 0 Å². The lowest BCUT2D eigenvalue weighted by Gasteiger charge is -2.43. The lowest BCUT2D eigenvalue weighted by Crippen LogP contribution is -2.50. The Morgan fingerprint density at radius 1 is 1.06 bits per heavy atom. The minimum atomic E-state index is 0.556. The molecule has 2 aliphatic rings. The second-order valence-electron chi connectivity index (χ2n) is 6.85. The molecule has 2 rings (SSSR count). The van der Waals surface area contributed by atoms with Crippen molar-refractivity contribution in [3.8, 4) is 0 Å². The molecule has 1 aliphatic heterocycles. The van der Waals surface area contributed by atoms with Crippen molar-refractivity contribution in [2.24, 2.45) is 23.7 Å². The summed E-state index contributed by atoms with van der Waals surface area (Å²) in [6.07, 6.45) is 2.89. The molecule has 0 radical (unpaired) electrons. The zero-order valence-electron chi connectivity index (χ0n) is 12.0. The van der Waals surface area contributed by atoms with Gasteiger partial charge in [-0.15, -0.1) is 0 Å². The first kappa shape index (κ1) is 12.4. The predicted molar refractivity (Wildman–Crippen MR) is 70.5 cm³/mol. The van der Waals surface area contributed by atoms with E-state index in [0.29, 0.717) is 11.6 Å². The number of piperidine rings is 1. The summed E-state index contributed by atoms with van der Waals surface area (Å²) in [6, 6.07) is 0.717. The van der Waals surface area contributed by atoms with E-state index < -0.39 is 0 Å². The summed E-state index contributed by atoms with van der Waals surface area (Å²) in [5.74, 6) is 3.61. The molecule has 1 aliphatic carbocycles. The topological polar surface area (TPSA) is 3.24 Å². The Balaban J connectivity index is 2.29. The van der Waals surface area contributed by atoms with Gasteiger partial charge in [0.2, 0.25) is 0 Å². The normalized spacial score (nSPS) is 39.6. The lowest BCUT2D eigenvalue weighted by molar-refractivity contribution is 0.0508. The van der Waals surface area contributed by atoms with Crippen LogP contribution in [0.25, 0.3) is 0 Å². The zero-order valence-corrected chi connectivity index (χ0v) is 12.0. The first-order chi connectivity index (χ1) is 7.44. The van der Waals surface area contributed by atoms with Crippen molar-refractivity contribution in [2.45, 2.75) is 66.0 Å². The molecule has 1 saturated heterocycles. The summed E-state index contributed by atoms with van der Waals surface area (Å²) < 4.78 is 0. The smallest absolute Gasteiger partial charge is 0.0300 e. The van der Waals surface area contributed by atoms with Gasteiger partial charge in [0.25, 0.3) is 0 Å². The molecule has 0 amide bonds. The van der Waals surface area contributed by atoms with E-state index in [0.717, 1.165) is 23.7 Å². The molecular formula is C15H29N. The Bertz CT molecular complexity index is 256. The summed E-state index contributed by atoms with van der Waals surface area (Å²) >= 11 is 0. The Morgan fingerprint density at radius 3 is 2.12 bits per heavy atom. The van der Waals surface area contributed by atoms with Gasteiger partial charge in [0.15, 0.2) is 0 Å². The van der Waals surface area contributed by atoms with Gasteiger partial charge >= 0.3 is 0 Å². The van der Waals surface area contributed by atoms with Gasteiger partial charge in [0.1, 0.15) is 0 Å². The monoisotopic (exact) mass is 223 g/mol. The Kier molecular flexibility index (Phi) is 3.11. The van der Waals surface area contributed by atoms with E-state index in [1.165, 1.54) is 19.4 Å². The highest BCUT2D eigenvalue weighted by atomic mass is 15.3. The van der Waals surface area contributed by atoms with Crippen molar-refractivity contribution >= 4 is 0 Å². The van der Waals surface area contributed by atoms with Gasteiger partial charge in [-0.2, -0.15) is 0 Å². The molecule has 1 nitrogen and oxygen atoms in total. The van der Waals surface area contributed by atoms with Crippen molar-refractivity contribution in [3.63, 3.8) is 0 Å². The number of hydrogen-bond donors (Lipinski definition) is 0. The van der Waals surface area contributed by atoms with E-state index in [1.54, 1.807) is 0 Å². The molecule has 1 heteroatoms. The van der Waals surface area contributed by atoms with Gasteiger partial charge in [0, 0.05) is 11.6 Å². The number of fused-ring (bicyclic) bond motifs is 1. The van der Waals surface area contributed by atoms with Gasteiger partial charge in [-0.3, -0.25) is 4.90 Å². The molecule has 0 spiro atoms. The average Bonchev–Trinajstić information content (AvgIpc) is 2.86. The second kappa shape index (κ2) is 4.01. The van der Waals surface area contributed by atoms with E-state index >= 15 is 0 Å². The van der Waals surface area contributed by atoms with Crippen LogP contribution in [0.1, 0.15) is 54.4 Å². The minimum absolute atomic E-state index is 0.556. The number of rotatable bonds is 3. The molecule has 1 unspecified atom stereocenters. The van der Waals surface area contributed by atoms with Crippen molar-refractivity contribution in [2.75, 3.05) is 6.54 Å². The number of nitrogens with zero attached hydrogens (tertiary/aromatic N) is 1. The molecule has 2 fully saturated rings. The SMILES string of the molecule is CC(C)[C@@H]1[C@H]2CCCN(C(C)C)C21C(C)C. The minimum Gasteiger partial charge on any atom is -0.294 e. The maximum Gasteiger partial charge on any atom is 0.0300 e. The van der Waals surface area contributed by atoms with Crippen molar-refractivity contribution in [1.82, 2.24) is 4.90 Å². The van der Waals surface area contributed by atoms with Crippen molar-refractivity contribution in [1.29, 1.82) is 0 Å². The average molecular weight is 223 g/mol. The Hall–Kier alpha value is -0.0400. The van der Waals surface area contributed by atoms with E-state index in [2.05, 4.69) is 46.4 Å². The second-order valence-corrected chi connectivity index (χ2v) is 6.85. The first-order valence-electron chi connectivity index (χ1n) is 7.20. The fourth-order valence-electron chi connectivity index (χ4n) is 4.84. The van der Waals surface area contributed by atoms with Crippen molar-refractivity contribution in [3.05, 3.63) is 0 Å². The van der Waals surface area contributed by atoms with Crippen LogP contribution >= 0.6 is 0 Å². The summed E-state index contributed by atoms with van der Waals surface area (Å²) in [4.78, 5) is 2.83. The predicted octanol–water partition coefficient (Wildman–Crippen LogP) is 3.79.